The first-order valence-corrected chi connectivity index (χ1v) is 7.49. The summed E-state index contributed by atoms with van der Waals surface area (Å²) in [4.78, 5) is 0. The predicted octanol–water partition coefficient (Wildman–Crippen LogP) is 4.52. The van der Waals surface area contributed by atoms with Crippen molar-refractivity contribution in [3.63, 3.8) is 0 Å². The lowest BCUT2D eigenvalue weighted by molar-refractivity contribution is 0.586. The van der Waals surface area contributed by atoms with E-state index in [9.17, 15) is 0 Å². The number of rotatable bonds is 0. The molecule has 3 aliphatic rings. The fourth-order valence-electron chi connectivity index (χ4n) is 4.34. The van der Waals surface area contributed by atoms with Gasteiger partial charge in [0.2, 0.25) is 0 Å². The highest BCUT2D eigenvalue weighted by atomic mass is 14.4. The van der Waals surface area contributed by atoms with E-state index in [2.05, 4.69) is 60.7 Å². The van der Waals surface area contributed by atoms with Crippen molar-refractivity contribution < 1.29 is 0 Å². The van der Waals surface area contributed by atoms with Gasteiger partial charge in [-0.3, -0.25) is 0 Å². The monoisotopic (exact) mass is 256 g/mol. The molecule has 2 aromatic carbocycles. The Labute approximate surface area is 119 Å². The summed E-state index contributed by atoms with van der Waals surface area (Å²) >= 11 is 0. The Balaban J connectivity index is 1.65. The molecule has 0 aliphatic heterocycles. The summed E-state index contributed by atoms with van der Waals surface area (Å²) in [6.45, 7) is 0. The fourth-order valence-corrected chi connectivity index (χ4v) is 4.34. The smallest absolute Gasteiger partial charge is 0.00931 e. The summed E-state index contributed by atoms with van der Waals surface area (Å²) in [6.07, 6.45) is 7.20. The van der Waals surface area contributed by atoms with Gasteiger partial charge in [-0.2, -0.15) is 0 Å². The van der Waals surface area contributed by atoms with Crippen LogP contribution < -0.4 is 0 Å². The number of allylic oxidation sites excluding steroid dienone is 4. The van der Waals surface area contributed by atoms with E-state index in [1.807, 2.05) is 0 Å². The van der Waals surface area contributed by atoms with Gasteiger partial charge in [-0.1, -0.05) is 66.3 Å². The van der Waals surface area contributed by atoms with Crippen LogP contribution in [0.5, 0.6) is 0 Å². The van der Waals surface area contributed by atoms with Crippen LogP contribution in [0.3, 0.4) is 0 Å². The zero-order valence-electron chi connectivity index (χ0n) is 11.3. The fraction of sp³-hybridized carbons (Fsp3) is 0.200. The lowest BCUT2D eigenvalue weighted by atomic mass is 9.80. The molecule has 0 N–H and O–H groups in total. The molecule has 0 bridgehead atoms. The molecule has 0 heterocycles. The van der Waals surface area contributed by atoms with E-state index in [0.717, 1.165) is 6.42 Å². The molecule has 0 spiro atoms. The average molecular weight is 256 g/mol. The van der Waals surface area contributed by atoms with E-state index in [0.29, 0.717) is 11.8 Å². The molecule has 96 valence electrons. The highest BCUT2D eigenvalue weighted by Crippen LogP contribution is 2.51. The van der Waals surface area contributed by atoms with Crippen LogP contribution in [-0.4, -0.2) is 0 Å². The van der Waals surface area contributed by atoms with Crippen LogP contribution in [0.4, 0.5) is 0 Å². The van der Waals surface area contributed by atoms with Crippen molar-refractivity contribution in [2.24, 2.45) is 5.92 Å². The molecule has 2 atom stereocenters. The SMILES string of the molecule is C1=CC2c3ccccc3CC2C2=C1c1ccccc1C2. The molecule has 3 aliphatic carbocycles. The Morgan fingerprint density at radius 2 is 1.65 bits per heavy atom. The van der Waals surface area contributed by atoms with Crippen molar-refractivity contribution in [1.82, 2.24) is 0 Å². The second kappa shape index (κ2) is 3.73. The third-order valence-corrected chi connectivity index (χ3v) is 5.24. The highest BCUT2D eigenvalue weighted by molar-refractivity contribution is 5.85. The van der Waals surface area contributed by atoms with Crippen molar-refractivity contribution >= 4 is 5.57 Å². The minimum atomic E-state index is 0.610. The van der Waals surface area contributed by atoms with Crippen molar-refractivity contribution in [3.05, 3.63) is 88.5 Å². The van der Waals surface area contributed by atoms with E-state index >= 15 is 0 Å². The molecular formula is C20H16. The molecule has 0 saturated heterocycles. The van der Waals surface area contributed by atoms with Crippen molar-refractivity contribution in [2.75, 3.05) is 0 Å². The van der Waals surface area contributed by atoms with E-state index in [-0.39, 0.29) is 0 Å². The summed E-state index contributed by atoms with van der Waals surface area (Å²) in [6, 6.07) is 17.9. The van der Waals surface area contributed by atoms with Crippen LogP contribution in [0.1, 0.15) is 28.2 Å². The van der Waals surface area contributed by atoms with Gasteiger partial charge >= 0.3 is 0 Å². The first kappa shape index (κ1) is 10.7. The molecule has 0 saturated carbocycles. The maximum Gasteiger partial charge on any atom is 0.00931 e. The van der Waals surface area contributed by atoms with Gasteiger partial charge in [-0.15, -0.1) is 0 Å². The highest BCUT2D eigenvalue weighted by Gasteiger charge is 2.38. The molecule has 0 radical (unpaired) electrons. The van der Waals surface area contributed by atoms with Crippen LogP contribution in [0.15, 0.2) is 66.3 Å². The topological polar surface area (TPSA) is 0 Å². The van der Waals surface area contributed by atoms with E-state index in [4.69, 9.17) is 0 Å². The normalized spacial score (nSPS) is 25.2. The molecule has 0 amide bonds. The standard InChI is InChI=1S/C20H16/c1-3-7-15-13(5-1)11-19-17(15)9-10-18-16-8-4-2-6-14(16)12-20(18)19/h1-10,17,19H,11-12H2. The summed E-state index contributed by atoms with van der Waals surface area (Å²) in [5, 5.41) is 0. The summed E-state index contributed by atoms with van der Waals surface area (Å²) in [7, 11) is 0. The summed E-state index contributed by atoms with van der Waals surface area (Å²) in [5.41, 5.74) is 9.27. The van der Waals surface area contributed by atoms with Crippen molar-refractivity contribution in [1.29, 1.82) is 0 Å². The van der Waals surface area contributed by atoms with Gasteiger partial charge in [-0.25, -0.2) is 0 Å². The molecule has 0 aromatic heterocycles. The van der Waals surface area contributed by atoms with E-state index in [1.165, 1.54) is 23.1 Å². The third-order valence-electron chi connectivity index (χ3n) is 5.24. The van der Waals surface area contributed by atoms with Crippen LogP contribution in [0.2, 0.25) is 0 Å². The van der Waals surface area contributed by atoms with Crippen LogP contribution in [0.25, 0.3) is 5.57 Å². The molecule has 2 aromatic rings. The van der Waals surface area contributed by atoms with Crippen LogP contribution in [-0.2, 0) is 12.8 Å². The predicted molar refractivity (Wildman–Crippen MR) is 82.6 cm³/mol. The zero-order valence-corrected chi connectivity index (χ0v) is 11.3. The zero-order chi connectivity index (χ0) is 13.1. The molecule has 0 nitrogen and oxygen atoms in total. The first-order valence-electron chi connectivity index (χ1n) is 7.49. The van der Waals surface area contributed by atoms with Gasteiger partial charge < -0.3 is 0 Å². The van der Waals surface area contributed by atoms with E-state index in [1.54, 1.807) is 16.7 Å². The lowest BCUT2D eigenvalue weighted by Gasteiger charge is -2.24. The molecule has 0 heteroatoms. The third kappa shape index (κ3) is 1.27. The average Bonchev–Trinajstić information content (AvgIpc) is 3.05. The second-order valence-corrected chi connectivity index (χ2v) is 6.17. The Hall–Kier alpha value is -2.08. The van der Waals surface area contributed by atoms with Gasteiger partial charge in [0.25, 0.3) is 0 Å². The Bertz CT molecular complexity index is 776. The molecule has 2 unspecified atom stereocenters. The minimum absolute atomic E-state index is 0.610. The van der Waals surface area contributed by atoms with Gasteiger partial charge in [0, 0.05) is 5.92 Å². The largest absolute Gasteiger partial charge is 0.0758 e. The molecular weight excluding hydrogens is 240 g/mol. The second-order valence-electron chi connectivity index (χ2n) is 6.17. The van der Waals surface area contributed by atoms with E-state index < -0.39 is 0 Å². The van der Waals surface area contributed by atoms with Gasteiger partial charge in [0.05, 0.1) is 0 Å². The Kier molecular flexibility index (Phi) is 1.99. The lowest BCUT2D eigenvalue weighted by Crippen LogP contribution is -2.12. The Morgan fingerprint density at radius 3 is 2.60 bits per heavy atom. The first-order chi connectivity index (χ1) is 9.92. The molecule has 0 fully saturated rings. The molecule has 20 heavy (non-hydrogen) atoms. The van der Waals surface area contributed by atoms with Gasteiger partial charge in [0.15, 0.2) is 0 Å². The van der Waals surface area contributed by atoms with Crippen molar-refractivity contribution in [3.8, 4) is 0 Å². The number of benzene rings is 2. The maximum atomic E-state index is 2.44. The quantitative estimate of drug-likeness (QED) is 0.650. The Morgan fingerprint density at radius 1 is 0.850 bits per heavy atom. The van der Waals surface area contributed by atoms with Gasteiger partial charge in [-0.05, 0) is 46.6 Å². The van der Waals surface area contributed by atoms with Crippen molar-refractivity contribution in [2.45, 2.75) is 18.8 Å². The van der Waals surface area contributed by atoms with Crippen LogP contribution in [0, 0.1) is 5.92 Å². The summed E-state index contributed by atoms with van der Waals surface area (Å²) in [5.74, 6) is 1.30. The van der Waals surface area contributed by atoms with Crippen LogP contribution >= 0.6 is 0 Å². The number of hydrogen-bond donors (Lipinski definition) is 0. The maximum absolute atomic E-state index is 2.44. The minimum Gasteiger partial charge on any atom is -0.0758 e. The number of fused-ring (bicyclic) bond motifs is 6. The summed E-state index contributed by atoms with van der Waals surface area (Å²) < 4.78 is 0. The molecule has 5 rings (SSSR count). The van der Waals surface area contributed by atoms with Gasteiger partial charge in [0.1, 0.15) is 0 Å². The number of hydrogen-bond acceptors (Lipinski definition) is 0.